The lowest BCUT2D eigenvalue weighted by molar-refractivity contribution is -0.155. The molecule has 0 amide bonds. The van der Waals surface area contributed by atoms with Gasteiger partial charge in [-0.15, -0.1) is 0 Å². The van der Waals surface area contributed by atoms with Crippen LogP contribution in [0.3, 0.4) is 0 Å². The lowest BCUT2D eigenvalue weighted by atomic mass is 9.63. The van der Waals surface area contributed by atoms with Gasteiger partial charge in [-0.2, -0.15) is 0 Å². The largest absolute Gasteiger partial charge is 0.481 e. The number of carboxylic acids is 1. The van der Waals surface area contributed by atoms with Crippen LogP contribution < -0.4 is 5.73 Å². The van der Waals surface area contributed by atoms with E-state index in [0.29, 0.717) is 11.3 Å². The predicted octanol–water partition coefficient (Wildman–Crippen LogP) is 2.79. The fourth-order valence-corrected chi connectivity index (χ4v) is 3.86. The maximum atomic E-state index is 11.7. The molecule has 1 unspecified atom stereocenters. The summed E-state index contributed by atoms with van der Waals surface area (Å²) in [6.07, 6.45) is 6.63. The molecule has 17 heavy (non-hydrogen) atoms. The van der Waals surface area contributed by atoms with Crippen molar-refractivity contribution in [2.24, 2.45) is 22.5 Å². The molecular formula is C14H25NO2. The van der Waals surface area contributed by atoms with Gasteiger partial charge in [-0.3, -0.25) is 4.79 Å². The van der Waals surface area contributed by atoms with Crippen LogP contribution in [0.15, 0.2) is 0 Å². The van der Waals surface area contributed by atoms with Crippen molar-refractivity contribution in [1.29, 1.82) is 0 Å². The van der Waals surface area contributed by atoms with Gasteiger partial charge in [-0.1, -0.05) is 13.8 Å². The molecule has 0 saturated heterocycles. The Hall–Kier alpha value is -0.570. The van der Waals surface area contributed by atoms with E-state index in [1.807, 2.05) is 0 Å². The average Bonchev–Trinajstić information content (AvgIpc) is 2.60. The molecule has 0 aromatic heterocycles. The van der Waals surface area contributed by atoms with Crippen LogP contribution in [0, 0.1) is 16.7 Å². The number of hydrogen-bond acceptors (Lipinski definition) is 2. The third-order valence-corrected chi connectivity index (χ3v) is 5.10. The molecule has 2 rings (SSSR count). The van der Waals surface area contributed by atoms with E-state index in [4.69, 9.17) is 5.73 Å². The molecule has 1 atom stereocenters. The zero-order valence-electron chi connectivity index (χ0n) is 11.0. The minimum absolute atomic E-state index is 0.219. The summed E-state index contributed by atoms with van der Waals surface area (Å²) in [7, 11) is 0. The molecule has 2 aliphatic rings. The molecule has 3 N–H and O–H groups in total. The zero-order valence-corrected chi connectivity index (χ0v) is 11.0. The molecule has 0 radical (unpaired) electrons. The van der Waals surface area contributed by atoms with Crippen molar-refractivity contribution in [2.45, 2.75) is 64.8 Å². The average molecular weight is 239 g/mol. The van der Waals surface area contributed by atoms with Gasteiger partial charge in [0.1, 0.15) is 0 Å². The quantitative estimate of drug-likeness (QED) is 0.779. The van der Waals surface area contributed by atoms with Gasteiger partial charge in [0.2, 0.25) is 0 Å². The minimum Gasteiger partial charge on any atom is -0.481 e. The standard InChI is InChI=1S/C14H25NO2/c1-13(2)6-3-10(9-13)14(12(16)17)7-4-11(15)5-8-14/h10-11H,3-9,15H2,1-2H3,(H,16,17). The van der Waals surface area contributed by atoms with Crippen molar-refractivity contribution in [1.82, 2.24) is 0 Å². The van der Waals surface area contributed by atoms with Crippen molar-refractivity contribution in [3.63, 3.8) is 0 Å². The van der Waals surface area contributed by atoms with Gasteiger partial charge in [0.05, 0.1) is 5.41 Å². The highest BCUT2D eigenvalue weighted by atomic mass is 16.4. The maximum Gasteiger partial charge on any atom is 0.309 e. The first kappa shape index (κ1) is 12.9. The van der Waals surface area contributed by atoms with Crippen LogP contribution in [-0.4, -0.2) is 17.1 Å². The fourth-order valence-electron chi connectivity index (χ4n) is 3.86. The molecule has 0 aromatic carbocycles. The lowest BCUT2D eigenvalue weighted by Gasteiger charge is -2.40. The molecule has 98 valence electrons. The van der Waals surface area contributed by atoms with Gasteiger partial charge in [0.15, 0.2) is 0 Å². The van der Waals surface area contributed by atoms with Gasteiger partial charge in [0, 0.05) is 6.04 Å². The maximum absolute atomic E-state index is 11.7. The Kier molecular flexibility index (Phi) is 3.23. The number of carboxylic acid groups (broad SMARTS) is 1. The monoisotopic (exact) mass is 239 g/mol. The second-order valence-electron chi connectivity index (χ2n) is 6.90. The minimum atomic E-state index is -0.577. The second kappa shape index (κ2) is 4.27. The van der Waals surface area contributed by atoms with E-state index in [1.54, 1.807) is 0 Å². The van der Waals surface area contributed by atoms with E-state index in [0.717, 1.165) is 38.5 Å². The number of carbonyl (C=O) groups is 1. The normalized spacial score (nSPS) is 41.4. The highest BCUT2D eigenvalue weighted by Crippen LogP contribution is 2.54. The molecule has 2 aliphatic carbocycles. The highest BCUT2D eigenvalue weighted by molar-refractivity contribution is 5.75. The first-order valence-corrected chi connectivity index (χ1v) is 6.85. The summed E-state index contributed by atoms with van der Waals surface area (Å²) in [5.74, 6) is -0.213. The van der Waals surface area contributed by atoms with Crippen molar-refractivity contribution in [3.05, 3.63) is 0 Å². The first-order chi connectivity index (χ1) is 7.86. The van der Waals surface area contributed by atoms with Crippen molar-refractivity contribution >= 4 is 5.97 Å². The first-order valence-electron chi connectivity index (χ1n) is 6.85. The Morgan fingerprint density at radius 2 is 1.76 bits per heavy atom. The molecule has 3 heteroatoms. The predicted molar refractivity (Wildman–Crippen MR) is 67.6 cm³/mol. The van der Waals surface area contributed by atoms with Gasteiger partial charge < -0.3 is 10.8 Å². The van der Waals surface area contributed by atoms with Crippen LogP contribution >= 0.6 is 0 Å². The lowest BCUT2D eigenvalue weighted by Crippen LogP contribution is -2.44. The molecular weight excluding hydrogens is 214 g/mol. The summed E-state index contributed by atoms with van der Waals surface area (Å²) in [6, 6.07) is 0.219. The van der Waals surface area contributed by atoms with Crippen LogP contribution in [0.4, 0.5) is 0 Å². The van der Waals surface area contributed by atoms with Gasteiger partial charge in [0.25, 0.3) is 0 Å². The Labute approximate surface area is 104 Å². The van der Waals surface area contributed by atoms with Gasteiger partial charge in [-0.05, 0) is 56.3 Å². The third-order valence-electron chi connectivity index (χ3n) is 5.10. The van der Waals surface area contributed by atoms with E-state index >= 15 is 0 Å². The van der Waals surface area contributed by atoms with Crippen LogP contribution in [0.2, 0.25) is 0 Å². The van der Waals surface area contributed by atoms with Crippen LogP contribution in [0.1, 0.15) is 58.8 Å². The highest BCUT2D eigenvalue weighted by Gasteiger charge is 2.51. The van der Waals surface area contributed by atoms with Crippen LogP contribution in [0.25, 0.3) is 0 Å². The van der Waals surface area contributed by atoms with E-state index in [9.17, 15) is 9.90 Å². The topological polar surface area (TPSA) is 63.3 Å². The molecule has 0 aliphatic heterocycles. The number of hydrogen-bond donors (Lipinski definition) is 2. The van der Waals surface area contributed by atoms with Crippen LogP contribution in [-0.2, 0) is 4.79 Å². The Bertz CT molecular complexity index is 303. The molecule has 2 saturated carbocycles. The van der Waals surface area contributed by atoms with E-state index in [-0.39, 0.29) is 6.04 Å². The van der Waals surface area contributed by atoms with E-state index in [1.165, 1.54) is 6.42 Å². The number of aliphatic carboxylic acids is 1. The second-order valence-corrected chi connectivity index (χ2v) is 6.90. The molecule has 0 heterocycles. The van der Waals surface area contributed by atoms with Crippen molar-refractivity contribution in [2.75, 3.05) is 0 Å². The molecule has 2 fully saturated rings. The Morgan fingerprint density at radius 1 is 1.18 bits per heavy atom. The molecule has 0 aromatic rings. The summed E-state index contributed by atoms with van der Waals surface area (Å²) < 4.78 is 0. The Morgan fingerprint density at radius 3 is 2.18 bits per heavy atom. The molecule has 0 bridgehead atoms. The molecule has 0 spiro atoms. The zero-order chi connectivity index (χ0) is 12.7. The summed E-state index contributed by atoms with van der Waals surface area (Å²) in [5, 5.41) is 9.66. The van der Waals surface area contributed by atoms with E-state index in [2.05, 4.69) is 13.8 Å². The van der Waals surface area contributed by atoms with Crippen molar-refractivity contribution in [3.8, 4) is 0 Å². The summed E-state index contributed by atoms with van der Waals surface area (Å²) >= 11 is 0. The van der Waals surface area contributed by atoms with Gasteiger partial charge >= 0.3 is 5.97 Å². The number of rotatable bonds is 2. The van der Waals surface area contributed by atoms with E-state index < -0.39 is 11.4 Å². The fraction of sp³-hybridized carbons (Fsp3) is 0.929. The summed E-state index contributed by atoms with van der Waals surface area (Å²) in [6.45, 7) is 4.52. The number of nitrogens with two attached hydrogens (primary N) is 1. The van der Waals surface area contributed by atoms with Crippen molar-refractivity contribution < 1.29 is 9.90 Å². The summed E-state index contributed by atoms with van der Waals surface area (Å²) in [5.41, 5.74) is 5.77. The SMILES string of the molecule is CC1(C)CCC(C2(C(=O)O)CCC(N)CC2)C1. The summed E-state index contributed by atoms with van der Waals surface area (Å²) in [4.78, 5) is 11.7. The van der Waals surface area contributed by atoms with Gasteiger partial charge in [-0.25, -0.2) is 0 Å². The third kappa shape index (κ3) is 2.35. The smallest absolute Gasteiger partial charge is 0.309 e. The Balaban J connectivity index is 2.16. The van der Waals surface area contributed by atoms with Crippen LogP contribution in [0.5, 0.6) is 0 Å². The molecule has 3 nitrogen and oxygen atoms in total.